The number of carbonyl (C=O) groups excluding carboxylic acids is 1. The average molecular weight is 297 g/mol. The highest BCUT2D eigenvalue weighted by molar-refractivity contribution is 6.30. The Hall–Kier alpha value is -1.75. The molecule has 1 aromatic rings. The average Bonchev–Trinajstić information content (AvgIpc) is 2.82. The van der Waals surface area contributed by atoms with Crippen molar-refractivity contribution in [2.24, 2.45) is 5.41 Å². The van der Waals surface area contributed by atoms with Crippen molar-refractivity contribution in [2.45, 2.75) is 19.9 Å². The van der Waals surface area contributed by atoms with Crippen LogP contribution in [0.1, 0.15) is 18.9 Å². The summed E-state index contributed by atoms with van der Waals surface area (Å²) in [5.74, 6) is -0.856. The maximum Gasteiger partial charge on any atom is 0.317 e. The molecule has 1 unspecified atom stereocenters. The van der Waals surface area contributed by atoms with Gasteiger partial charge in [-0.15, -0.1) is 0 Å². The van der Waals surface area contributed by atoms with Crippen LogP contribution in [-0.2, 0) is 11.3 Å². The molecular formula is C14H17ClN2O3. The zero-order valence-electron chi connectivity index (χ0n) is 11.2. The summed E-state index contributed by atoms with van der Waals surface area (Å²) < 4.78 is 0. The highest BCUT2D eigenvalue weighted by atomic mass is 35.5. The molecule has 0 aliphatic carbocycles. The summed E-state index contributed by atoms with van der Waals surface area (Å²) >= 11 is 5.79. The third-order valence-corrected chi connectivity index (χ3v) is 3.89. The van der Waals surface area contributed by atoms with Crippen molar-refractivity contribution in [3.05, 3.63) is 34.9 Å². The maximum atomic E-state index is 12.0. The van der Waals surface area contributed by atoms with E-state index in [1.165, 1.54) is 0 Å². The van der Waals surface area contributed by atoms with Crippen molar-refractivity contribution in [3.63, 3.8) is 0 Å². The monoisotopic (exact) mass is 296 g/mol. The van der Waals surface area contributed by atoms with E-state index < -0.39 is 11.4 Å². The van der Waals surface area contributed by atoms with E-state index in [9.17, 15) is 9.59 Å². The number of carbonyl (C=O) groups is 2. The first-order valence-electron chi connectivity index (χ1n) is 6.41. The Morgan fingerprint density at radius 1 is 1.40 bits per heavy atom. The third-order valence-electron chi connectivity index (χ3n) is 3.63. The second-order valence-electron chi connectivity index (χ2n) is 5.32. The maximum absolute atomic E-state index is 12.0. The zero-order chi connectivity index (χ0) is 14.8. The number of urea groups is 1. The molecule has 0 saturated carbocycles. The molecule has 1 fully saturated rings. The lowest BCUT2D eigenvalue weighted by Crippen LogP contribution is -2.40. The Kier molecular flexibility index (Phi) is 4.18. The number of aliphatic carboxylic acids is 1. The number of carboxylic acid groups (broad SMARTS) is 1. The van der Waals surface area contributed by atoms with Crippen LogP contribution in [0.5, 0.6) is 0 Å². The van der Waals surface area contributed by atoms with Gasteiger partial charge in [0.1, 0.15) is 0 Å². The van der Waals surface area contributed by atoms with E-state index in [0.29, 0.717) is 24.5 Å². The van der Waals surface area contributed by atoms with Gasteiger partial charge in [0.05, 0.1) is 5.41 Å². The summed E-state index contributed by atoms with van der Waals surface area (Å²) in [6.07, 6.45) is 0.483. The summed E-state index contributed by atoms with van der Waals surface area (Å²) in [7, 11) is 0. The van der Waals surface area contributed by atoms with E-state index in [1.54, 1.807) is 24.0 Å². The topological polar surface area (TPSA) is 69.6 Å². The van der Waals surface area contributed by atoms with Crippen molar-refractivity contribution < 1.29 is 14.7 Å². The van der Waals surface area contributed by atoms with Gasteiger partial charge < -0.3 is 15.3 Å². The van der Waals surface area contributed by atoms with Gasteiger partial charge in [0, 0.05) is 24.7 Å². The zero-order valence-corrected chi connectivity index (χ0v) is 12.0. The molecular weight excluding hydrogens is 280 g/mol. The summed E-state index contributed by atoms with van der Waals surface area (Å²) in [5.41, 5.74) is 0.111. The number of rotatable bonds is 3. The summed E-state index contributed by atoms with van der Waals surface area (Å²) in [5, 5.41) is 12.6. The first kappa shape index (κ1) is 14.7. The molecule has 1 heterocycles. The lowest BCUT2D eigenvalue weighted by atomic mass is 9.90. The largest absolute Gasteiger partial charge is 0.481 e. The number of halogens is 1. The van der Waals surface area contributed by atoms with E-state index in [0.717, 1.165) is 5.56 Å². The van der Waals surface area contributed by atoms with Crippen LogP contribution >= 0.6 is 11.6 Å². The lowest BCUT2D eigenvalue weighted by molar-refractivity contribution is -0.146. The van der Waals surface area contributed by atoms with Gasteiger partial charge in [-0.2, -0.15) is 0 Å². The van der Waals surface area contributed by atoms with Gasteiger partial charge in [-0.3, -0.25) is 4.79 Å². The Morgan fingerprint density at radius 3 is 2.60 bits per heavy atom. The van der Waals surface area contributed by atoms with Crippen LogP contribution in [0.3, 0.4) is 0 Å². The number of nitrogens with zero attached hydrogens (tertiary/aromatic N) is 1. The van der Waals surface area contributed by atoms with Gasteiger partial charge in [-0.05, 0) is 31.0 Å². The van der Waals surface area contributed by atoms with Crippen molar-refractivity contribution in [1.82, 2.24) is 10.2 Å². The minimum Gasteiger partial charge on any atom is -0.481 e. The second kappa shape index (κ2) is 5.71. The van der Waals surface area contributed by atoms with Gasteiger partial charge in [-0.1, -0.05) is 23.7 Å². The summed E-state index contributed by atoms with van der Waals surface area (Å²) in [6, 6.07) is 6.98. The fraction of sp³-hybridized carbons (Fsp3) is 0.429. The predicted molar refractivity (Wildman–Crippen MR) is 75.6 cm³/mol. The fourth-order valence-electron chi connectivity index (χ4n) is 2.20. The number of nitrogens with one attached hydrogen (secondary N) is 1. The van der Waals surface area contributed by atoms with E-state index in [4.69, 9.17) is 16.7 Å². The molecule has 2 amide bonds. The standard InChI is InChI=1S/C14H17ClN2O3/c1-14(12(18)19)6-7-17(9-14)13(20)16-8-10-2-4-11(15)5-3-10/h2-5H,6-9H2,1H3,(H,16,20)(H,18,19). The van der Waals surface area contributed by atoms with E-state index in [2.05, 4.69) is 5.32 Å². The molecule has 20 heavy (non-hydrogen) atoms. The van der Waals surface area contributed by atoms with Gasteiger partial charge >= 0.3 is 12.0 Å². The molecule has 0 aromatic heterocycles. The minimum atomic E-state index is -0.856. The molecule has 1 atom stereocenters. The Labute approximate surface area is 122 Å². The second-order valence-corrected chi connectivity index (χ2v) is 5.76. The number of likely N-dealkylation sites (tertiary alicyclic amines) is 1. The van der Waals surface area contributed by atoms with Crippen LogP contribution in [0.2, 0.25) is 5.02 Å². The fourth-order valence-corrected chi connectivity index (χ4v) is 2.33. The molecule has 6 heteroatoms. The van der Waals surface area contributed by atoms with E-state index >= 15 is 0 Å². The highest BCUT2D eigenvalue weighted by Crippen LogP contribution is 2.29. The normalized spacial score (nSPS) is 21.8. The van der Waals surface area contributed by atoms with Crippen LogP contribution in [-0.4, -0.2) is 35.1 Å². The van der Waals surface area contributed by atoms with Crippen LogP contribution < -0.4 is 5.32 Å². The number of benzene rings is 1. The molecule has 1 aliphatic rings. The third kappa shape index (κ3) is 3.22. The van der Waals surface area contributed by atoms with Crippen LogP contribution in [0.15, 0.2) is 24.3 Å². The van der Waals surface area contributed by atoms with Gasteiger partial charge in [0.25, 0.3) is 0 Å². The summed E-state index contributed by atoms with van der Waals surface area (Å²) in [6.45, 7) is 2.78. The van der Waals surface area contributed by atoms with Crippen molar-refractivity contribution in [1.29, 1.82) is 0 Å². The van der Waals surface area contributed by atoms with E-state index in [-0.39, 0.29) is 12.6 Å². The molecule has 5 nitrogen and oxygen atoms in total. The first-order valence-corrected chi connectivity index (χ1v) is 6.79. The van der Waals surface area contributed by atoms with Crippen molar-refractivity contribution in [2.75, 3.05) is 13.1 Å². The van der Waals surface area contributed by atoms with Crippen LogP contribution in [0.4, 0.5) is 4.79 Å². The highest BCUT2D eigenvalue weighted by Gasteiger charge is 2.42. The summed E-state index contributed by atoms with van der Waals surface area (Å²) in [4.78, 5) is 24.7. The molecule has 0 radical (unpaired) electrons. The van der Waals surface area contributed by atoms with Crippen LogP contribution in [0, 0.1) is 5.41 Å². The minimum absolute atomic E-state index is 0.232. The molecule has 1 aromatic carbocycles. The molecule has 1 saturated heterocycles. The predicted octanol–water partition coefficient (Wildman–Crippen LogP) is 2.35. The van der Waals surface area contributed by atoms with Crippen molar-refractivity contribution in [3.8, 4) is 0 Å². The molecule has 2 N–H and O–H groups in total. The number of hydrogen-bond acceptors (Lipinski definition) is 2. The van der Waals surface area contributed by atoms with Gasteiger partial charge in [0.2, 0.25) is 0 Å². The van der Waals surface area contributed by atoms with E-state index in [1.807, 2.05) is 12.1 Å². The molecule has 108 valence electrons. The first-order chi connectivity index (χ1) is 9.40. The van der Waals surface area contributed by atoms with Crippen LogP contribution in [0.25, 0.3) is 0 Å². The number of hydrogen-bond donors (Lipinski definition) is 2. The molecule has 1 aliphatic heterocycles. The lowest BCUT2D eigenvalue weighted by Gasteiger charge is -2.20. The van der Waals surface area contributed by atoms with Gasteiger partial charge in [0.15, 0.2) is 0 Å². The smallest absolute Gasteiger partial charge is 0.317 e. The van der Waals surface area contributed by atoms with Crippen molar-refractivity contribution >= 4 is 23.6 Å². The number of amides is 2. The Bertz CT molecular complexity index is 518. The van der Waals surface area contributed by atoms with Gasteiger partial charge in [-0.25, -0.2) is 4.79 Å². The SMILES string of the molecule is CC1(C(=O)O)CCN(C(=O)NCc2ccc(Cl)cc2)C1. The quantitative estimate of drug-likeness (QED) is 0.899. The molecule has 0 spiro atoms. The Balaban J connectivity index is 1.87. The Morgan fingerprint density at radius 2 is 2.05 bits per heavy atom. The molecule has 0 bridgehead atoms. The number of carboxylic acids is 1. The molecule has 2 rings (SSSR count).